The van der Waals surface area contributed by atoms with E-state index in [1.54, 1.807) is 0 Å². The summed E-state index contributed by atoms with van der Waals surface area (Å²) in [6.07, 6.45) is 3.68. The molecular formula is C16H26N4O. The Bertz CT molecular complexity index is 489. The number of ether oxygens (including phenoxy) is 1. The predicted octanol–water partition coefficient (Wildman–Crippen LogP) is 2.20. The van der Waals surface area contributed by atoms with Gasteiger partial charge in [0.15, 0.2) is 0 Å². The summed E-state index contributed by atoms with van der Waals surface area (Å²) >= 11 is 0. The van der Waals surface area contributed by atoms with Gasteiger partial charge in [0.1, 0.15) is 5.82 Å². The molecule has 5 nitrogen and oxygen atoms in total. The van der Waals surface area contributed by atoms with Gasteiger partial charge in [0.25, 0.3) is 0 Å². The molecule has 5 heteroatoms. The van der Waals surface area contributed by atoms with Crippen molar-refractivity contribution in [2.75, 3.05) is 37.8 Å². The van der Waals surface area contributed by atoms with E-state index in [1.807, 2.05) is 12.1 Å². The number of anilines is 2. The lowest BCUT2D eigenvalue weighted by atomic mass is 9.94. The topological polar surface area (TPSA) is 63.4 Å². The molecule has 2 fully saturated rings. The van der Waals surface area contributed by atoms with Gasteiger partial charge in [0.05, 0.1) is 12.3 Å². The third-order valence-electron chi connectivity index (χ3n) is 4.48. The number of pyridine rings is 1. The molecule has 1 aromatic rings. The minimum absolute atomic E-state index is 0.466. The summed E-state index contributed by atoms with van der Waals surface area (Å²) in [6.45, 7) is 5.28. The Balaban J connectivity index is 1.62. The van der Waals surface area contributed by atoms with E-state index in [2.05, 4.69) is 29.2 Å². The van der Waals surface area contributed by atoms with Gasteiger partial charge in [0, 0.05) is 12.6 Å². The molecule has 21 heavy (non-hydrogen) atoms. The van der Waals surface area contributed by atoms with E-state index < -0.39 is 0 Å². The second-order valence-corrected chi connectivity index (χ2v) is 6.62. The van der Waals surface area contributed by atoms with Gasteiger partial charge in [-0.3, -0.25) is 0 Å². The van der Waals surface area contributed by atoms with Gasteiger partial charge in [-0.1, -0.05) is 6.92 Å². The molecule has 116 valence electrons. The maximum absolute atomic E-state index is 5.95. The van der Waals surface area contributed by atoms with Crippen LogP contribution in [0.4, 0.5) is 11.5 Å². The number of likely N-dealkylation sites (tertiary alicyclic amines) is 1. The molecular weight excluding hydrogens is 264 g/mol. The zero-order chi connectivity index (χ0) is 14.8. The highest BCUT2D eigenvalue weighted by atomic mass is 16.5. The average molecular weight is 290 g/mol. The fourth-order valence-electron chi connectivity index (χ4n) is 2.89. The van der Waals surface area contributed by atoms with Crippen molar-refractivity contribution in [2.24, 2.45) is 11.8 Å². The lowest BCUT2D eigenvalue weighted by molar-refractivity contribution is 0.206. The number of piperidine rings is 1. The van der Waals surface area contributed by atoms with Crippen molar-refractivity contribution in [3.05, 3.63) is 12.1 Å². The quantitative estimate of drug-likeness (QED) is 0.870. The third kappa shape index (κ3) is 3.79. The minimum atomic E-state index is 0.466. The Labute approximate surface area is 126 Å². The molecule has 0 amide bonds. The van der Waals surface area contributed by atoms with Crippen molar-refractivity contribution in [3.8, 4) is 5.88 Å². The van der Waals surface area contributed by atoms with Crippen molar-refractivity contribution >= 4 is 11.5 Å². The SMILES string of the molecule is CC1CN(C)CCC1Nc1ccc(N)c(OCC2CC2)n1. The van der Waals surface area contributed by atoms with Gasteiger partial charge < -0.3 is 20.7 Å². The van der Waals surface area contributed by atoms with Crippen LogP contribution < -0.4 is 15.8 Å². The first-order valence-corrected chi connectivity index (χ1v) is 7.96. The number of hydrogen-bond acceptors (Lipinski definition) is 5. The van der Waals surface area contributed by atoms with Crippen molar-refractivity contribution in [3.63, 3.8) is 0 Å². The smallest absolute Gasteiger partial charge is 0.239 e. The highest BCUT2D eigenvalue weighted by molar-refractivity contribution is 5.54. The van der Waals surface area contributed by atoms with Gasteiger partial charge in [-0.2, -0.15) is 4.98 Å². The van der Waals surface area contributed by atoms with Crippen LogP contribution in [0, 0.1) is 11.8 Å². The highest BCUT2D eigenvalue weighted by Crippen LogP contribution is 2.31. The molecule has 3 N–H and O–H groups in total. The fraction of sp³-hybridized carbons (Fsp3) is 0.688. The molecule has 1 aromatic heterocycles. The van der Waals surface area contributed by atoms with E-state index >= 15 is 0 Å². The largest absolute Gasteiger partial charge is 0.476 e. The monoisotopic (exact) mass is 290 g/mol. The molecule has 0 aromatic carbocycles. The summed E-state index contributed by atoms with van der Waals surface area (Å²) in [5.74, 6) is 2.76. The number of nitrogens with two attached hydrogens (primary N) is 1. The van der Waals surface area contributed by atoms with Crippen molar-refractivity contribution in [2.45, 2.75) is 32.2 Å². The van der Waals surface area contributed by atoms with E-state index in [4.69, 9.17) is 10.5 Å². The van der Waals surface area contributed by atoms with Crippen LogP contribution in [0.5, 0.6) is 5.88 Å². The normalized spacial score (nSPS) is 26.6. The van der Waals surface area contributed by atoms with Crippen LogP contribution >= 0.6 is 0 Å². The highest BCUT2D eigenvalue weighted by Gasteiger charge is 2.25. The standard InChI is InChI=1S/C16H26N4O/c1-11-9-20(2)8-7-14(11)18-15-6-5-13(17)16(19-15)21-10-12-3-4-12/h5-6,11-12,14H,3-4,7-10,17H2,1-2H3,(H,18,19). The number of nitrogen functional groups attached to an aromatic ring is 1. The average Bonchev–Trinajstić information content (AvgIpc) is 3.26. The summed E-state index contributed by atoms with van der Waals surface area (Å²) in [7, 11) is 2.18. The van der Waals surface area contributed by atoms with Crippen LogP contribution in [0.2, 0.25) is 0 Å². The predicted molar refractivity (Wildman–Crippen MR) is 85.6 cm³/mol. The number of nitrogens with zero attached hydrogens (tertiary/aromatic N) is 2. The number of hydrogen-bond donors (Lipinski definition) is 2. The molecule has 0 radical (unpaired) electrons. The van der Waals surface area contributed by atoms with Crippen LogP contribution in [0.1, 0.15) is 26.2 Å². The summed E-state index contributed by atoms with van der Waals surface area (Å²) in [5.41, 5.74) is 6.58. The van der Waals surface area contributed by atoms with Crippen LogP contribution in [0.25, 0.3) is 0 Å². The Hall–Kier alpha value is -1.49. The summed E-state index contributed by atoms with van der Waals surface area (Å²) in [5, 5.41) is 3.55. The molecule has 2 aliphatic rings. The Kier molecular flexibility index (Phi) is 4.19. The molecule has 0 spiro atoms. The van der Waals surface area contributed by atoms with Crippen LogP contribution in [-0.4, -0.2) is 42.7 Å². The molecule has 1 aliphatic heterocycles. The molecule has 0 bridgehead atoms. The van der Waals surface area contributed by atoms with E-state index in [-0.39, 0.29) is 0 Å². The Morgan fingerprint density at radius 1 is 1.38 bits per heavy atom. The molecule has 2 atom stereocenters. The Morgan fingerprint density at radius 2 is 2.19 bits per heavy atom. The van der Waals surface area contributed by atoms with Crippen LogP contribution in [-0.2, 0) is 0 Å². The number of rotatable bonds is 5. The summed E-state index contributed by atoms with van der Waals surface area (Å²) in [4.78, 5) is 6.93. The number of nitrogens with one attached hydrogen (secondary N) is 1. The molecule has 2 heterocycles. The van der Waals surface area contributed by atoms with Crippen LogP contribution in [0.15, 0.2) is 12.1 Å². The van der Waals surface area contributed by atoms with Gasteiger partial charge in [-0.05, 0) is 56.8 Å². The zero-order valence-corrected chi connectivity index (χ0v) is 13.0. The van der Waals surface area contributed by atoms with Crippen molar-refractivity contribution in [1.29, 1.82) is 0 Å². The minimum Gasteiger partial charge on any atom is -0.476 e. The maximum atomic E-state index is 5.95. The molecule has 1 aliphatic carbocycles. The van der Waals surface area contributed by atoms with Gasteiger partial charge >= 0.3 is 0 Å². The second-order valence-electron chi connectivity index (χ2n) is 6.62. The Morgan fingerprint density at radius 3 is 2.90 bits per heavy atom. The van der Waals surface area contributed by atoms with Gasteiger partial charge in [-0.15, -0.1) is 0 Å². The maximum Gasteiger partial charge on any atom is 0.239 e. The lowest BCUT2D eigenvalue weighted by Crippen LogP contribution is -2.43. The number of aromatic nitrogens is 1. The first kappa shape index (κ1) is 14.4. The molecule has 2 unspecified atom stereocenters. The van der Waals surface area contributed by atoms with E-state index in [9.17, 15) is 0 Å². The molecule has 1 saturated carbocycles. The molecule has 3 rings (SSSR count). The van der Waals surface area contributed by atoms with Gasteiger partial charge in [0.2, 0.25) is 5.88 Å². The summed E-state index contributed by atoms with van der Waals surface area (Å²) in [6, 6.07) is 4.30. The summed E-state index contributed by atoms with van der Waals surface area (Å²) < 4.78 is 5.75. The second kappa shape index (κ2) is 6.10. The molecule has 1 saturated heterocycles. The zero-order valence-electron chi connectivity index (χ0n) is 13.0. The van der Waals surface area contributed by atoms with Crippen molar-refractivity contribution < 1.29 is 4.74 Å². The first-order chi connectivity index (χ1) is 10.1. The fourth-order valence-corrected chi connectivity index (χ4v) is 2.89. The van der Waals surface area contributed by atoms with E-state index in [0.717, 1.165) is 31.9 Å². The van der Waals surface area contributed by atoms with E-state index in [0.29, 0.717) is 29.4 Å². The first-order valence-electron chi connectivity index (χ1n) is 7.96. The van der Waals surface area contributed by atoms with Gasteiger partial charge in [-0.25, -0.2) is 0 Å². The van der Waals surface area contributed by atoms with E-state index in [1.165, 1.54) is 12.8 Å². The third-order valence-corrected chi connectivity index (χ3v) is 4.48. The van der Waals surface area contributed by atoms with Crippen molar-refractivity contribution in [1.82, 2.24) is 9.88 Å². The lowest BCUT2D eigenvalue weighted by Gasteiger charge is -2.35. The van der Waals surface area contributed by atoms with Crippen LogP contribution in [0.3, 0.4) is 0 Å².